The number of thiazole rings is 1. The largest absolute Gasteiger partial charge is 0.493 e. The highest BCUT2D eigenvalue weighted by Gasteiger charge is 2.14. The van der Waals surface area contributed by atoms with Crippen LogP contribution in [0, 0.1) is 6.92 Å². The zero-order chi connectivity index (χ0) is 27.6. The number of hydrogen-bond donors (Lipinski definition) is 0. The summed E-state index contributed by atoms with van der Waals surface area (Å²) in [6.45, 7) is 2.05. The van der Waals surface area contributed by atoms with Crippen LogP contribution in [0.3, 0.4) is 0 Å². The molecule has 0 unspecified atom stereocenters. The summed E-state index contributed by atoms with van der Waals surface area (Å²) in [4.78, 5) is 18.4. The van der Waals surface area contributed by atoms with Crippen molar-refractivity contribution >= 4 is 34.5 Å². The summed E-state index contributed by atoms with van der Waals surface area (Å²) in [6, 6.07) is 23.7. The molecule has 3 aromatic carbocycles. The van der Waals surface area contributed by atoms with Crippen LogP contribution < -0.4 is 19.6 Å². The van der Waals surface area contributed by atoms with Crippen LogP contribution in [0.15, 0.2) is 83.8 Å². The Balaban J connectivity index is 1.37. The van der Waals surface area contributed by atoms with Gasteiger partial charge in [0.25, 0.3) is 5.56 Å². The molecule has 0 atom stereocenters. The van der Waals surface area contributed by atoms with Crippen LogP contribution in [0.4, 0.5) is 0 Å². The molecule has 3 heterocycles. The summed E-state index contributed by atoms with van der Waals surface area (Å²) in [7, 11) is 3.19. The van der Waals surface area contributed by atoms with Crippen LogP contribution in [-0.4, -0.2) is 38.6 Å². The molecule has 0 saturated carbocycles. The number of hydrogen-bond acceptors (Lipinski definition) is 7. The zero-order valence-corrected chi connectivity index (χ0v) is 22.9. The average Bonchev–Trinajstić information content (AvgIpc) is 3.67. The molecule has 3 aromatic heterocycles. The van der Waals surface area contributed by atoms with Crippen molar-refractivity contribution in [3.05, 3.63) is 116 Å². The Morgan fingerprint density at radius 1 is 0.875 bits per heavy atom. The Morgan fingerprint density at radius 3 is 2.38 bits per heavy atom. The van der Waals surface area contributed by atoms with Gasteiger partial charge in [0, 0.05) is 17.3 Å². The molecule has 0 aliphatic rings. The van der Waals surface area contributed by atoms with Gasteiger partial charge in [-0.1, -0.05) is 71.5 Å². The monoisotopic (exact) mass is 547 g/mol. The second kappa shape index (κ2) is 10.6. The lowest BCUT2D eigenvalue weighted by Crippen LogP contribution is -2.23. The summed E-state index contributed by atoms with van der Waals surface area (Å²) in [5, 5.41) is 9.29. The summed E-state index contributed by atoms with van der Waals surface area (Å²) < 4.78 is 14.4. The molecule has 0 radical (unpaired) electrons. The molecule has 0 saturated heterocycles. The van der Waals surface area contributed by atoms with Gasteiger partial charge in [0.1, 0.15) is 0 Å². The van der Waals surface area contributed by atoms with Crippen molar-refractivity contribution in [2.75, 3.05) is 14.2 Å². The van der Waals surface area contributed by atoms with E-state index < -0.39 is 0 Å². The number of benzene rings is 3. The Labute approximate surface area is 234 Å². The van der Waals surface area contributed by atoms with E-state index in [1.165, 1.54) is 21.4 Å². The number of methoxy groups -OCH3 is 2. The van der Waals surface area contributed by atoms with Crippen molar-refractivity contribution in [1.82, 2.24) is 24.4 Å². The van der Waals surface area contributed by atoms with E-state index in [1.54, 1.807) is 20.3 Å². The SMILES string of the molecule is COc1ccc(C=Cc2nc3sc(=Cc4cn(-c5ccccc5)nc4-c4ccc(C)cc4)c(=O)n3n2)cc1OC. The van der Waals surface area contributed by atoms with E-state index in [4.69, 9.17) is 14.6 Å². The van der Waals surface area contributed by atoms with E-state index in [2.05, 4.69) is 29.1 Å². The normalized spacial score (nSPS) is 12.0. The van der Waals surface area contributed by atoms with Gasteiger partial charge in [0.2, 0.25) is 4.96 Å². The predicted octanol–water partition coefficient (Wildman–Crippen LogP) is 5.05. The number of fused-ring (bicyclic) bond motifs is 1. The number of para-hydroxylation sites is 1. The highest BCUT2D eigenvalue weighted by Crippen LogP contribution is 2.28. The second-order valence-corrected chi connectivity index (χ2v) is 10.1. The summed E-state index contributed by atoms with van der Waals surface area (Å²) >= 11 is 1.30. The van der Waals surface area contributed by atoms with Crippen LogP contribution in [0.2, 0.25) is 0 Å². The third kappa shape index (κ3) is 4.90. The molecule has 6 rings (SSSR count). The highest BCUT2D eigenvalue weighted by molar-refractivity contribution is 7.15. The third-order valence-corrected chi connectivity index (χ3v) is 7.36. The minimum absolute atomic E-state index is 0.222. The smallest absolute Gasteiger partial charge is 0.291 e. The summed E-state index contributed by atoms with van der Waals surface area (Å²) in [6.07, 6.45) is 7.44. The van der Waals surface area contributed by atoms with Gasteiger partial charge < -0.3 is 9.47 Å². The first-order chi connectivity index (χ1) is 19.5. The lowest BCUT2D eigenvalue weighted by molar-refractivity contribution is 0.355. The van der Waals surface area contributed by atoms with Crippen LogP contribution >= 0.6 is 11.3 Å². The molecule has 0 spiro atoms. The lowest BCUT2D eigenvalue weighted by Gasteiger charge is -2.07. The molecule has 198 valence electrons. The van der Waals surface area contributed by atoms with Gasteiger partial charge in [0.15, 0.2) is 17.3 Å². The minimum Gasteiger partial charge on any atom is -0.493 e. The van der Waals surface area contributed by atoms with Crippen molar-refractivity contribution in [2.45, 2.75) is 6.92 Å². The molecule has 40 heavy (non-hydrogen) atoms. The highest BCUT2D eigenvalue weighted by atomic mass is 32.1. The topological polar surface area (TPSA) is 83.5 Å². The Bertz CT molecular complexity index is 1950. The Morgan fingerprint density at radius 2 is 1.65 bits per heavy atom. The van der Waals surface area contributed by atoms with Gasteiger partial charge in [-0.3, -0.25) is 4.79 Å². The van der Waals surface area contributed by atoms with E-state index in [0.29, 0.717) is 26.8 Å². The Kier molecular flexibility index (Phi) is 6.71. The van der Waals surface area contributed by atoms with Crippen molar-refractivity contribution in [2.24, 2.45) is 0 Å². The summed E-state index contributed by atoms with van der Waals surface area (Å²) in [5.74, 6) is 1.73. The fraction of sp³-hybridized carbons (Fsp3) is 0.0968. The molecule has 0 bridgehead atoms. The van der Waals surface area contributed by atoms with Crippen molar-refractivity contribution in [3.8, 4) is 28.4 Å². The number of aromatic nitrogens is 5. The Hall–Kier alpha value is -5.02. The van der Waals surface area contributed by atoms with Crippen molar-refractivity contribution < 1.29 is 9.47 Å². The number of ether oxygens (including phenoxy) is 2. The molecular weight excluding hydrogens is 522 g/mol. The molecule has 6 aromatic rings. The maximum absolute atomic E-state index is 13.3. The fourth-order valence-electron chi connectivity index (χ4n) is 4.33. The molecule has 8 nitrogen and oxygen atoms in total. The number of rotatable bonds is 7. The van der Waals surface area contributed by atoms with Crippen LogP contribution in [0.25, 0.3) is 40.1 Å². The van der Waals surface area contributed by atoms with Crippen LogP contribution in [-0.2, 0) is 0 Å². The summed E-state index contributed by atoms with van der Waals surface area (Å²) in [5.41, 5.74) is 5.38. The van der Waals surface area contributed by atoms with Gasteiger partial charge in [-0.2, -0.15) is 14.6 Å². The standard InChI is InChI=1S/C31H25N5O3S/c1-20-9-13-22(14-10-20)29-23(19-35(34-29)24-7-5-4-6-8-24)18-27-30(37)36-31(40-27)32-28(33-36)16-12-21-11-15-25(38-2)26(17-21)39-3/h4-19H,1-3H3. The second-order valence-electron chi connectivity index (χ2n) is 9.11. The fourth-order valence-corrected chi connectivity index (χ4v) is 5.24. The van der Waals surface area contributed by atoms with E-state index in [0.717, 1.165) is 28.1 Å². The van der Waals surface area contributed by atoms with Gasteiger partial charge in [-0.15, -0.1) is 5.10 Å². The maximum Gasteiger partial charge on any atom is 0.291 e. The molecule has 0 amide bonds. The first-order valence-electron chi connectivity index (χ1n) is 12.6. The predicted molar refractivity (Wildman–Crippen MR) is 158 cm³/mol. The van der Waals surface area contributed by atoms with E-state index in [-0.39, 0.29) is 5.56 Å². The van der Waals surface area contributed by atoms with Gasteiger partial charge in [-0.25, -0.2) is 4.68 Å². The molecule has 0 aliphatic carbocycles. The van der Waals surface area contributed by atoms with Gasteiger partial charge in [0.05, 0.1) is 30.1 Å². The third-order valence-electron chi connectivity index (χ3n) is 6.41. The van der Waals surface area contributed by atoms with Crippen molar-refractivity contribution in [1.29, 1.82) is 0 Å². The van der Waals surface area contributed by atoms with E-state index in [9.17, 15) is 4.79 Å². The molecule has 9 heteroatoms. The molecule has 0 fully saturated rings. The average molecular weight is 548 g/mol. The number of aryl methyl sites for hydroxylation is 1. The van der Waals surface area contributed by atoms with E-state index in [1.807, 2.05) is 83.7 Å². The van der Waals surface area contributed by atoms with Crippen LogP contribution in [0.1, 0.15) is 22.5 Å². The quantitative estimate of drug-likeness (QED) is 0.278. The van der Waals surface area contributed by atoms with E-state index >= 15 is 0 Å². The lowest BCUT2D eigenvalue weighted by atomic mass is 10.1. The van der Waals surface area contributed by atoms with Crippen LogP contribution in [0.5, 0.6) is 11.5 Å². The zero-order valence-electron chi connectivity index (χ0n) is 22.1. The molecular formula is C31H25N5O3S. The maximum atomic E-state index is 13.3. The van der Waals surface area contributed by atoms with Gasteiger partial charge in [-0.05, 0) is 48.9 Å². The first kappa shape index (κ1) is 25.3. The molecule has 0 N–H and O–H groups in total. The number of nitrogens with zero attached hydrogens (tertiary/aromatic N) is 5. The molecule has 0 aliphatic heterocycles. The first-order valence-corrected chi connectivity index (χ1v) is 13.4. The van der Waals surface area contributed by atoms with Gasteiger partial charge >= 0.3 is 0 Å². The minimum atomic E-state index is -0.222. The van der Waals surface area contributed by atoms with Crippen molar-refractivity contribution in [3.63, 3.8) is 0 Å².